The lowest BCUT2D eigenvalue weighted by Gasteiger charge is -2.20. The number of anilines is 2. The van der Waals surface area contributed by atoms with Gasteiger partial charge in [-0.3, -0.25) is 0 Å². The van der Waals surface area contributed by atoms with Gasteiger partial charge in [-0.05, 0) is 37.6 Å². The Morgan fingerprint density at radius 1 is 1.08 bits per heavy atom. The standard InChI is InChI=1S/C17H20F3N3O2/c1-4-10-25-15-14(17(18,19)20)11-21-16(22-15)23(3)12-6-8-13(9-7-12)24-5-2/h6-9,11H,4-5,10H2,1-3H3. The largest absolute Gasteiger partial charge is 0.494 e. The van der Waals surface area contributed by atoms with E-state index in [0.29, 0.717) is 24.5 Å². The van der Waals surface area contributed by atoms with E-state index in [9.17, 15) is 13.2 Å². The monoisotopic (exact) mass is 355 g/mol. The minimum absolute atomic E-state index is 0.114. The van der Waals surface area contributed by atoms with E-state index in [4.69, 9.17) is 9.47 Å². The van der Waals surface area contributed by atoms with Gasteiger partial charge in [0.05, 0.1) is 13.2 Å². The van der Waals surface area contributed by atoms with Crippen LogP contribution in [0.15, 0.2) is 30.5 Å². The molecule has 0 unspecified atom stereocenters. The summed E-state index contributed by atoms with van der Waals surface area (Å²) in [6.45, 7) is 4.39. The summed E-state index contributed by atoms with van der Waals surface area (Å²) in [5.74, 6) is 0.361. The van der Waals surface area contributed by atoms with Gasteiger partial charge in [0.15, 0.2) is 0 Å². The van der Waals surface area contributed by atoms with Crippen molar-refractivity contribution in [3.8, 4) is 11.6 Å². The molecule has 136 valence electrons. The van der Waals surface area contributed by atoms with Gasteiger partial charge in [-0.15, -0.1) is 0 Å². The first-order valence-corrected chi connectivity index (χ1v) is 7.90. The molecule has 0 fully saturated rings. The quantitative estimate of drug-likeness (QED) is 0.734. The van der Waals surface area contributed by atoms with Crippen LogP contribution in [0.2, 0.25) is 0 Å². The van der Waals surface area contributed by atoms with Crippen molar-refractivity contribution in [3.63, 3.8) is 0 Å². The summed E-state index contributed by atoms with van der Waals surface area (Å²) in [5, 5.41) is 0. The minimum atomic E-state index is -4.57. The summed E-state index contributed by atoms with van der Waals surface area (Å²) in [4.78, 5) is 9.36. The van der Waals surface area contributed by atoms with Crippen molar-refractivity contribution in [3.05, 3.63) is 36.0 Å². The molecular weight excluding hydrogens is 335 g/mol. The highest BCUT2D eigenvalue weighted by Crippen LogP contribution is 2.36. The third kappa shape index (κ3) is 4.74. The molecule has 0 aliphatic heterocycles. The Morgan fingerprint density at radius 2 is 1.76 bits per heavy atom. The maximum absolute atomic E-state index is 13.1. The number of ether oxygens (including phenoxy) is 2. The van der Waals surface area contributed by atoms with Gasteiger partial charge in [-0.25, -0.2) is 4.98 Å². The number of hydrogen-bond donors (Lipinski definition) is 0. The van der Waals surface area contributed by atoms with Crippen molar-refractivity contribution >= 4 is 11.6 Å². The molecule has 25 heavy (non-hydrogen) atoms. The predicted octanol–water partition coefficient (Wildman–Crippen LogP) is 4.45. The van der Waals surface area contributed by atoms with E-state index in [1.807, 2.05) is 6.92 Å². The Bertz CT molecular complexity index is 691. The van der Waals surface area contributed by atoms with Crippen LogP contribution in [0.1, 0.15) is 25.8 Å². The van der Waals surface area contributed by atoms with Crippen molar-refractivity contribution < 1.29 is 22.6 Å². The normalized spacial score (nSPS) is 11.3. The van der Waals surface area contributed by atoms with Crippen LogP contribution in [0.5, 0.6) is 11.6 Å². The average molecular weight is 355 g/mol. The lowest BCUT2D eigenvalue weighted by molar-refractivity contribution is -0.139. The highest BCUT2D eigenvalue weighted by atomic mass is 19.4. The molecule has 8 heteroatoms. The molecule has 0 aliphatic rings. The Kier molecular flexibility index (Phi) is 6.06. The second kappa shape index (κ2) is 8.04. The van der Waals surface area contributed by atoms with E-state index in [-0.39, 0.29) is 12.6 Å². The SMILES string of the molecule is CCCOc1nc(N(C)c2ccc(OCC)cc2)ncc1C(F)(F)F. The smallest absolute Gasteiger partial charge is 0.423 e. The van der Waals surface area contributed by atoms with E-state index in [1.165, 1.54) is 0 Å². The zero-order valence-electron chi connectivity index (χ0n) is 14.3. The first-order chi connectivity index (χ1) is 11.9. The molecule has 0 atom stereocenters. The molecule has 1 aromatic heterocycles. The summed E-state index contributed by atoms with van der Waals surface area (Å²) >= 11 is 0. The molecule has 0 bridgehead atoms. The molecule has 0 N–H and O–H groups in total. The number of aromatic nitrogens is 2. The zero-order chi connectivity index (χ0) is 18.4. The van der Waals surface area contributed by atoms with Gasteiger partial charge in [-0.2, -0.15) is 18.2 Å². The minimum Gasteiger partial charge on any atom is -0.494 e. The number of halogens is 3. The zero-order valence-corrected chi connectivity index (χ0v) is 14.3. The van der Waals surface area contributed by atoms with Crippen LogP contribution in [0, 0.1) is 0 Å². The Morgan fingerprint density at radius 3 is 2.32 bits per heavy atom. The fraction of sp³-hybridized carbons (Fsp3) is 0.412. The third-order valence-electron chi connectivity index (χ3n) is 3.32. The molecule has 5 nitrogen and oxygen atoms in total. The van der Waals surface area contributed by atoms with Gasteiger partial charge >= 0.3 is 6.18 Å². The van der Waals surface area contributed by atoms with Crippen LogP contribution in [0.4, 0.5) is 24.8 Å². The first-order valence-electron chi connectivity index (χ1n) is 7.90. The maximum atomic E-state index is 13.1. The van der Waals surface area contributed by atoms with Gasteiger partial charge in [-0.1, -0.05) is 6.92 Å². The van der Waals surface area contributed by atoms with Gasteiger partial charge in [0.2, 0.25) is 11.8 Å². The van der Waals surface area contributed by atoms with Crippen molar-refractivity contribution in [2.45, 2.75) is 26.4 Å². The fourth-order valence-electron chi connectivity index (χ4n) is 2.07. The summed E-state index contributed by atoms with van der Waals surface area (Å²) in [5.41, 5.74) is -0.269. The van der Waals surface area contributed by atoms with Crippen LogP contribution in [0.25, 0.3) is 0 Å². The lowest BCUT2D eigenvalue weighted by Crippen LogP contribution is -2.17. The van der Waals surface area contributed by atoms with Crippen LogP contribution < -0.4 is 14.4 Å². The molecule has 0 amide bonds. The van der Waals surface area contributed by atoms with Crippen LogP contribution in [-0.4, -0.2) is 30.2 Å². The molecule has 0 aliphatic carbocycles. The van der Waals surface area contributed by atoms with Gasteiger partial charge in [0.25, 0.3) is 0 Å². The van der Waals surface area contributed by atoms with Crippen molar-refractivity contribution in [2.24, 2.45) is 0 Å². The van der Waals surface area contributed by atoms with Gasteiger partial charge in [0, 0.05) is 18.9 Å². The van der Waals surface area contributed by atoms with Gasteiger partial charge < -0.3 is 14.4 Å². The highest BCUT2D eigenvalue weighted by molar-refractivity contribution is 5.58. The third-order valence-corrected chi connectivity index (χ3v) is 3.32. The molecule has 0 saturated heterocycles. The maximum Gasteiger partial charge on any atom is 0.423 e. The average Bonchev–Trinajstić information content (AvgIpc) is 2.59. The van der Waals surface area contributed by atoms with Crippen molar-refractivity contribution in [1.29, 1.82) is 0 Å². The Balaban J connectivity index is 2.31. The van der Waals surface area contributed by atoms with E-state index < -0.39 is 17.6 Å². The lowest BCUT2D eigenvalue weighted by atomic mass is 10.3. The van der Waals surface area contributed by atoms with Gasteiger partial charge in [0.1, 0.15) is 11.3 Å². The van der Waals surface area contributed by atoms with Crippen LogP contribution in [-0.2, 0) is 6.18 Å². The second-order valence-corrected chi connectivity index (χ2v) is 5.22. The molecule has 2 rings (SSSR count). The highest BCUT2D eigenvalue weighted by Gasteiger charge is 2.36. The van der Waals surface area contributed by atoms with Crippen LogP contribution in [0.3, 0.4) is 0 Å². The van der Waals surface area contributed by atoms with E-state index in [0.717, 1.165) is 6.20 Å². The fourth-order valence-corrected chi connectivity index (χ4v) is 2.07. The number of nitrogens with zero attached hydrogens (tertiary/aromatic N) is 3. The number of benzene rings is 1. The first kappa shape index (κ1) is 18.8. The van der Waals surface area contributed by atoms with E-state index in [1.54, 1.807) is 43.1 Å². The summed E-state index contributed by atoms with van der Waals surface area (Å²) in [6.07, 6.45) is -3.25. The Labute approximate surface area is 144 Å². The molecule has 0 saturated carbocycles. The number of hydrogen-bond acceptors (Lipinski definition) is 5. The van der Waals surface area contributed by atoms with Crippen molar-refractivity contribution in [2.75, 3.05) is 25.2 Å². The summed E-state index contributed by atoms with van der Waals surface area (Å²) < 4.78 is 49.7. The topological polar surface area (TPSA) is 47.5 Å². The Hall–Kier alpha value is -2.51. The van der Waals surface area contributed by atoms with Crippen molar-refractivity contribution in [1.82, 2.24) is 9.97 Å². The number of alkyl halides is 3. The molecule has 0 spiro atoms. The molecule has 1 aromatic carbocycles. The van der Waals surface area contributed by atoms with E-state index >= 15 is 0 Å². The second-order valence-electron chi connectivity index (χ2n) is 5.22. The summed E-state index contributed by atoms with van der Waals surface area (Å²) in [7, 11) is 1.67. The molecule has 1 heterocycles. The van der Waals surface area contributed by atoms with E-state index in [2.05, 4.69) is 9.97 Å². The summed E-state index contributed by atoms with van der Waals surface area (Å²) in [6, 6.07) is 7.10. The molecule has 0 radical (unpaired) electrons. The molecule has 2 aromatic rings. The predicted molar refractivity (Wildman–Crippen MR) is 88.5 cm³/mol. The van der Waals surface area contributed by atoms with Crippen LogP contribution >= 0.6 is 0 Å². The number of rotatable bonds is 7. The molecular formula is C17H20F3N3O2.